The second kappa shape index (κ2) is 9.55. The lowest BCUT2D eigenvalue weighted by molar-refractivity contribution is -0.119. The van der Waals surface area contributed by atoms with Gasteiger partial charge in [0.05, 0.1) is 17.2 Å². The summed E-state index contributed by atoms with van der Waals surface area (Å²) in [5.41, 5.74) is 7.05. The number of benzene rings is 2. The lowest BCUT2D eigenvalue weighted by Gasteiger charge is -2.15. The summed E-state index contributed by atoms with van der Waals surface area (Å²) in [6, 6.07) is 14.4. The molecule has 3 N–H and O–H groups in total. The first-order valence-electron chi connectivity index (χ1n) is 9.92. The number of hydrogen-bond acceptors (Lipinski definition) is 6. The van der Waals surface area contributed by atoms with E-state index in [1.165, 1.54) is 28.0 Å². The minimum Gasteiger partial charge on any atom is -0.351 e. The number of nitrogens with zero attached hydrogens (tertiary/aromatic N) is 2. The molecule has 4 rings (SSSR count). The molecule has 0 saturated carbocycles. The van der Waals surface area contributed by atoms with Crippen molar-refractivity contribution < 1.29 is 14.0 Å². The molecule has 0 spiro atoms. The molecule has 0 saturated heterocycles. The number of aromatic nitrogens is 2. The number of carbonyl (C=O) groups is 2. The number of nitrogens with two attached hydrogens (primary N) is 1. The van der Waals surface area contributed by atoms with Crippen molar-refractivity contribution in [1.82, 2.24) is 14.9 Å². The molecule has 0 radical (unpaired) electrons. The van der Waals surface area contributed by atoms with Crippen molar-refractivity contribution in [2.75, 3.05) is 0 Å². The van der Waals surface area contributed by atoms with E-state index in [9.17, 15) is 18.8 Å². The number of fused-ring (bicyclic) bond motifs is 1. The molecule has 2 heterocycles. The summed E-state index contributed by atoms with van der Waals surface area (Å²) in [5, 5.41) is 3.92. The Kier molecular flexibility index (Phi) is 6.57. The Labute approximate surface area is 196 Å². The fraction of sp³-hybridized carbons (Fsp3) is 0.130. The van der Waals surface area contributed by atoms with Crippen LogP contribution in [0.1, 0.15) is 12.5 Å². The second-order valence-corrected chi connectivity index (χ2v) is 9.39. The molecule has 2 aromatic heterocycles. The van der Waals surface area contributed by atoms with Gasteiger partial charge >= 0.3 is 6.03 Å². The molecular weight excluding hydrogens is 463 g/mol. The third-order valence-corrected chi connectivity index (χ3v) is 6.86. The Morgan fingerprint density at radius 1 is 1.18 bits per heavy atom. The van der Waals surface area contributed by atoms with Gasteiger partial charge in [-0.15, -0.1) is 11.3 Å². The van der Waals surface area contributed by atoms with Crippen LogP contribution < -0.4 is 16.6 Å². The van der Waals surface area contributed by atoms with Gasteiger partial charge in [0, 0.05) is 10.9 Å². The number of rotatable bonds is 6. The molecule has 33 heavy (non-hydrogen) atoms. The summed E-state index contributed by atoms with van der Waals surface area (Å²) in [6.45, 7) is 1.85. The van der Waals surface area contributed by atoms with Crippen LogP contribution in [0.15, 0.2) is 69.9 Å². The maximum absolute atomic E-state index is 13.7. The summed E-state index contributed by atoms with van der Waals surface area (Å²) in [6.07, 6.45) is 0. The van der Waals surface area contributed by atoms with Gasteiger partial charge in [-0.3, -0.25) is 19.5 Å². The van der Waals surface area contributed by atoms with Gasteiger partial charge in [0.2, 0.25) is 5.91 Å². The summed E-state index contributed by atoms with van der Waals surface area (Å²) in [5.74, 6) is -0.939. The minimum atomic E-state index is -0.945. The van der Waals surface area contributed by atoms with Crippen molar-refractivity contribution in [1.29, 1.82) is 0 Å². The van der Waals surface area contributed by atoms with Crippen molar-refractivity contribution in [3.05, 3.63) is 81.7 Å². The zero-order chi connectivity index (χ0) is 23.5. The van der Waals surface area contributed by atoms with Gasteiger partial charge in [0.15, 0.2) is 5.16 Å². The molecule has 168 valence electrons. The molecule has 0 fully saturated rings. The van der Waals surface area contributed by atoms with E-state index >= 15 is 0 Å². The number of hydrogen-bond donors (Lipinski definition) is 2. The number of carbonyl (C=O) groups excluding carboxylic acids is 2. The highest BCUT2D eigenvalue weighted by Crippen LogP contribution is 2.33. The molecule has 0 unspecified atom stereocenters. The van der Waals surface area contributed by atoms with Gasteiger partial charge in [0.25, 0.3) is 5.56 Å². The third kappa shape index (κ3) is 4.96. The Bertz CT molecular complexity index is 1380. The average Bonchev–Trinajstić information content (AvgIpc) is 3.21. The maximum atomic E-state index is 13.7. The number of halogens is 1. The Morgan fingerprint density at radius 2 is 1.88 bits per heavy atom. The Balaban J connectivity index is 1.83. The Hall–Kier alpha value is -3.50. The van der Waals surface area contributed by atoms with Crippen LogP contribution in [0.3, 0.4) is 0 Å². The first-order chi connectivity index (χ1) is 15.8. The summed E-state index contributed by atoms with van der Waals surface area (Å²) < 4.78 is 14.9. The van der Waals surface area contributed by atoms with E-state index < -0.39 is 17.2 Å². The SMILES string of the molecule is C[C@@H](Sc1nc2scc(-c3ccc(F)cc3)c2c(=O)n1Cc1ccccc1)C(=O)NC(N)=O. The first-order valence-corrected chi connectivity index (χ1v) is 11.7. The van der Waals surface area contributed by atoms with Gasteiger partial charge in [0.1, 0.15) is 10.6 Å². The van der Waals surface area contributed by atoms with E-state index in [2.05, 4.69) is 4.98 Å². The molecular formula is C23H19FN4O3S2. The predicted octanol–water partition coefficient (Wildman–Crippen LogP) is 3.99. The molecule has 0 aliphatic heterocycles. The fourth-order valence-electron chi connectivity index (χ4n) is 3.28. The number of nitrogens with one attached hydrogen (secondary N) is 1. The van der Waals surface area contributed by atoms with Gasteiger partial charge in [-0.2, -0.15) is 0 Å². The predicted molar refractivity (Wildman–Crippen MR) is 128 cm³/mol. The van der Waals surface area contributed by atoms with Crippen LogP contribution in [0.5, 0.6) is 0 Å². The molecule has 0 aliphatic rings. The topological polar surface area (TPSA) is 107 Å². The molecule has 1 atom stereocenters. The van der Waals surface area contributed by atoms with Crippen LogP contribution in [0.4, 0.5) is 9.18 Å². The van der Waals surface area contributed by atoms with Gasteiger partial charge < -0.3 is 5.73 Å². The van der Waals surface area contributed by atoms with E-state index in [1.54, 1.807) is 19.1 Å². The quantitative estimate of drug-likeness (QED) is 0.319. The second-order valence-electron chi connectivity index (χ2n) is 7.22. The van der Waals surface area contributed by atoms with Gasteiger partial charge in [-0.1, -0.05) is 54.2 Å². The number of thiophene rings is 1. The van der Waals surface area contributed by atoms with Crippen molar-refractivity contribution in [2.24, 2.45) is 5.73 Å². The molecule has 10 heteroatoms. The van der Waals surface area contributed by atoms with Crippen molar-refractivity contribution in [2.45, 2.75) is 23.9 Å². The zero-order valence-electron chi connectivity index (χ0n) is 17.4. The zero-order valence-corrected chi connectivity index (χ0v) is 19.1. The highest BCUT2D eigenvalue weighted by atomic mass is 32.2. The van der Waals surface area contributed by atoms with Gasteiger partial charge in [-0.05, 0) is 30.2 Å². The monoisotopic (exact) mass is 482 g/mol. The largest absolute Gasteiger partial charge is 0.351 e. The van der Waals surface area contributed by atoms with Crippen LogP contribution in [-0.4, -0.2) is 26.7 Å². The van der Waals surface area contributed by atoms with Crippen LogP contribution in [0.2, 0.25) is 0 Å². The molecule has 3 amide bonds. The normalized spacial score (nSPS) is 11.9. The Morgan fingerprint density at radius 3 is 2.55 bits per heavy atom. The number of thioether (sulfide) groups is 1. The minimum absolute atomic E-state index is 0.244. The first kappa shape index (κ1) is 22.7. The molecule has 7 nitrogen and oxygen atoms in total. The molecule has 0 bridgehead atoms. The third-order valence-electron chi connectivity index (χ3n) is 4.90. The van der Waals surface area contributed by atoms with Crippen LogP contribution in [-0.2, 0) is 11.3 Å². The van der Waals surface area contributed by atoms with E-state index in [1.807, 2.05) is 41.0 Å². The van der Waals surface area contributed by atoms with Gasteiger partial charge in [-0.25, -0.2) is 14.2 Å². The number of amides is 3. The van der Waals surface area contributed by atoms with Crippen molar-refractivity contribution in [3.63, 3.8) is 0 Å². The number of primary amides is 1. The van der Waals surface area contributed by atoms with Crippen LogP contribution in [0, 0.1) is 5.82 Å². The molecule has 4 aromatic rings. The van der Waals surface area contributed by atoms with E-state index in [0.29, 0.717) is 26.5 Å². The standard InChI is InChI=1S/C23H19FN4O3S2/c1-13(19(29)26-22(25)31)33-23-27-20-18(17(12-32-20)15-7-9-16(24)10-8-15)21(30)28(23)11-14-5-3-2-4-6-14/h2-10,12-13H,11H2,1H3,(H3,25,26,29,31)/t13-/m1/s1. The highest BCUT2D eigenvalue weighted by Gasteiger charge is 2.22. The molecule has 0 aliphatic carbocycles. The van der Waals surface area contributed by atoms with Crippen molar-refractivity contribution in [3.8, 4) is 11.1 Å². The number of imide groups is 1. The highest BCUT2D eigenvalue weighted by molar-refractivity contribution is 8.00. The summed E-state index contributed by atoms with van der Waals surface area (Å²) in [7, 11) is 0. The van der Waals surface area contributed by atoms with Crippen molar-refractivity contribution >= 4 is 45.3 Å². The van der Waals surface area contributed by atoms with E-state index in [-0.39, 0.29) is 17.9 Å². The number of urea groups is 1. The lowest BCUT2D eigenvalue weighted by Crippen LogP contribution is -2.39. The smallest absolute Gasteiger partial charge is 0.318 e. The molecule has 2 aromatic carbocycles. The maximum Gasteiger partial charge on any atom is 0.318 e. The summed E-state index contributed by atoms with van der Waals surface area (Å²) >= 11 is 2.36. The average molecular weight is 483 g/mol. The van der Waals surface area contributed by atoms with E-state index in [0.717, 1.165) is 17.3 Å². The van der Waals surface area contributed by atoms with Crippen LogP contribution >= 0.6 is 23.1 Å². The lowest BCUT2D eigenvalue weighted by atomic mass is 10.1. The van der Waals surface area contributed by atoms with E-state index in [4.69, 9.17) is 5.73 Å². The fourth-order valence-corrected chi connectivity index (χ4v) is 5.17. The van der Waals surface area contributed by atoms with Crippen LogP contribution in [0.25, 0.3) is 21.3 Å². The summed E-state index contributed by atoms with van der Waals surface area (Å²) in [4.78, 5) is 42.1.